The molecule has 0 fully saturated rings. The number of unbranched alkanes of at least 4 members (excludes halogenated alkanes) is 7. The van der Waals surface area contributed by atoms with Crippen LogP contribution in [0.4, 0.5) is 4.39 Å². The summed E-state index contributed by atoms with van der Waals surface area (Å²) >= 11 is 5.93. The predicted molar refractivity (Wildman–Crippen MR) is 88.7 cm³/mol. The number of rotatable bonds is 11. The first-order valence-electron chi connectivity index (χ1n) is 8.10. The minimum absolute atomic E-state index is 0.163. The molecule has 0 amide bonds. The Bertz CT molecular complexity index is 398. The van der Waals surface area contributed by atoms with Gasteiger partial charge in [0.1, 0.15) is 5.82 Å². The lowest BCUT2D eigenvalue weighted by Crippen LogP contribution is -2.28. The summed E-state index contributed by atoms with van der Waals surface area (Å²) in [6.07, 6.45) is 10.9. The van der Waals surface area contributed by atoms with Gasteiger partial charge < -0.3 is 0 Å². The third-order valence-electron chi connectivity index (χ3n) is 3.88. The quantitative estimate of drug-likeness (QED) is 0.321. The lowest BCUT2D eigenvalue weighted by Gasteiger charge is -2.17. The third-order valence-corrected chi connectivity index (χ3v) is 4.12. The number of nitrogens with two attached hydrogens (primary N) is 1. The van der Waals surface area contributed by atoms with Crippen molar-refractivity contribution in [3.8, 4) is 0 Å². The average molecular weight is 315 g/mol. The van der Waals surface area contributed by atoms with Crippen molar-refractivity contribution >= 4 is 11.6 Å². The first-order valence-corrected chi connectivity index (χ1v) is 8.48. The van der Waals surface area contributed by atoms with Gasteiger partial charge in [-0.15, -0.1) is 0 Å². The van der Waals surface area contributed by atoms with Crippen molar-refractivity contribution in [2.45, 2.75) is 70.8 Å². The van der Waals surface area contributed by atoms with Crippen molar-refractivity contribution in [2.24, 2.45) is 5.84 Å². The van der Waals surface area contributed by atoms with Crippen molar-refractivity contribution in [3.05, 3.63) is 34.6 Å². The zero-order valence-corrected chi connectivity index (χ0v) is 13.8. The molecule has 0 spiro atoms. The second-order valence-corrected chi connectivity index (χ2v) is 6.09. The van der Waals surface area contributed by atoms with Gasteiger partial charge in [0.15, 0.2) is 0 Å². The molecule has 0 saturated heterocycles. The van der Waals surface area contributed by atoms with Gasteiger partial charge >= 0.3 is 0 Å². The Hall–Kier alpha value is -0.640. The summed E-state index contributed by atoms with van der Waals surface area (Å²) in [7, 11) is 0. The predicted octanol–water partition coefficient (Wildman–Crippen LogP) is 5.51. The first-order chi connectivity index (χ1) is 10.2. The normalized spacial score (nSPS) is 12.6. The summed E-state index contributed by atoms with van der Waals surface area (Å²) in [5.41, 5.74) is 3.27. The van der Waals surface area contributed by atoms with Crippen LogP contribution < -0.4 is 11.3 Å². The highest BCUT2D eigenvalue weighted by Crippen LogP contribution is 2.25. The van der Waals surface area contributed by atoms with Crippen molar-refractivity contribution in [1.82, 2.24) is 5.43 Å². The largest absolute Gasteiger partial charge is 0.271 e. The second-order valence-electron chi connectivity index (χ2n) is 5.65. The molecule has 0 heterocycles. The van der Waals surface area contributed by atoms with Crippen LogP contribution in [0.1, 0.15) is 76.3 Å². The van der Waals surface area contributed by atoms with Gasteiger partial charge in [-0.3, -0.25) is 11.3 Å². The molecular formula is C17H28ClFN2. The fraction of sp³-hybridized carbons (Fsp3) is 0.647. The zero-order valence-electron chi connectivity index (χ0n) is 13.0. The van der Waals surface area contributed by atoms with Gasteiger partial charge in [-0.05, 0) is 24.6 Å². The van der Waals surface area contributed by atoms with Crippen molar-refractivity contribution < 1.29 is 4.39 Å². The summed E-state index contributed by atoms with van der Waals surface area (Å²) in [5.74, 6) is 5.31. The Labute approximate surface area is 133 Å². The highest BCUT2D eigenvalue weighted by molar-refractivity contribution is 6.30. The molecule has 1 rings (SSSR count). The molecule has 0 saturated carbocycles. The minimum Gasteiger partial charge on any atom is -0.271 e. The van der Waals surface area contributed by atoms with E-state index in [4.69, 9.17) is 17.4 Å². The fourth-order valence-electron chi connectivity index (χ4n) is 2.59. The zero-order chi connectivity index (χ0) is 15.5. The summed E-state index contributed by atoms with van der Waals surface area (Å²) in [6, 6.07) is 4.45. The summed E-state index contributed by atoms with van der Waals surface area (Å²) in [5, 5.41) is 0.544. The van der Waals surface area contributed by atoms with Crippen molar-refractivity contribution in [1.29, 1.82) is 0 Å². The molecule has 0 bridgehead atoms. The van der Waals surface area contributed by atoms with Gasteiger partial charge in [0.2, 0.25) is 0 Å². The van der Waals surface area contributed by atoms with E-state index in [0.717, 1.165) is 12.8 Å². The van der Waals surface area contributed by atoms with Gasteiger partial charge in [-0.1, -0.05) is 69.9 Å². The average Bonchev–Trinajstić information content (AvgIpc) is 2.49. The van der Waals surface area contributed by atoms with Crippen LogP contribution in [0.2, 0.25) is 5.02 Å². The molecule has 21 heavy (non-hydrogen) atoms. The minimum atomic E-state index is -0.248. The Kier molecular flexibility index (Phi) is 9.64. The molecule has 0 aliphatic rings. The molecule has 3 N–H and O–H groups in total. The van der Waals surface area contributed by atoms with Crippen LogP contribution in [0.5, 0.6) is 0 Å². The van der Waals surface area contributed by atoms with Crippen LogP contribution in [-0.4, -0.2) is 0 Å². The van der Waals surface area contributed by atoms with Gasteiger partial charge in [0.05, 0.1) is 0 Å². The molecule has 1 unspecified atom stereocenters. The Morgan fingerprint density at radius 3 is 2.33 bits per heavy atom. The number of hydrogen-bond donors (Lipinski definition) is 2. The SMILES string of the molecule is CCCCCCCCCCC(NN)c1cc(Cl)ccc1F. The van der Waals surface area contributed by atoms with Gasteiger partial charge in [-0.25, -0.2) is 4.39 Å². The van der Waals surface area contributed by atoms with Crippen LogP contribution >= 0.6 is 11.6 Å². The summed E-state index contributed by atoms with van der Waals surface area (Å²) < 4.78 is 13.8. The van der Waals surface area contributed by atoms with Crippen molar-refractivity contribution in [3.63, 3.8) is 0 Å². The topological polar surface area (TPSA) is 38.0 Å². The van der Waals surface area contributed by atoms with E-state index in [0.29, 0.717) is 10.6 Å². The van der Waals surface area contributed by atoms with Crippen LogP contribution in [0.3, 0.4) is 0 Å². The Balaban J connectivity index is 2.27. The third kappa shape index (κ3) is 7.25. The van der Waals surface area contributed by atoms with Crippen LogP contribution in [0.15, 0.2) is 18.2 Å². The highest BCUT2D eigenvalue weighted by Gasteiger charge is 2.14. The number of hydrazine groups is 1. The molecule has 1 aromatic carbocycles. The van der Waals surface area contributed by atoms with Crippen LogP contribution in [0.25, 0.3) is 0 Å². The molecular weight excluding hydrogens is 287 g/mol. The summed E-state index contributed by atoms with van der Waals surface area (Å²) in [6.45, 7) is 2.23. The molecule has 0 radical (unpaired) electrons. The standard InChI is InChI=1S/C17H28ClFN2/c1-2-3-4-5-6-7-8-9-10-17(21-20)15-13-14(18)11-12-16(15)19/h11-13,17,21H,2-10,20H2,1H3. The van der Waals surface area contributed by atoms with Crippen LogP contribution in [0, 0.1) is 5.82 Å². The molecule has 0 aliphatic heterocycles. The number of benzene rings is 1. The van der Waals surface area contributed by atoms with E-state index in [1.54, 1.807) is 12.1 Å². The smallest absolute Gasteiger partial charge is 0.128 e. The molecule has 4 heteroatoms. The number of halogens is 2. The number of nitrogens with one attached hydrogen (secondary N) is 1. The van der Waals surface area contributed by atoms with Crippen LogP contribution in [-0.2, 0) is 0 Å². The molecule has 0 aliphatic carbocycles. The summed E-state index contributed by atoms with van der Waals surface area (Å²) in [4.78, 5) is 0. The van der Waals surface area contributed by atoms with E-state index in [-0.39, 0.29) is 11.9 Å². The molecule has 1 aromatic rings. The monoisotopic (exact) mass is 314 g/mol. The maximum atomic E-state index is 13.8. The Morgan fingerprint density at radius 2 is 1.71 bits per heavy atom. The van der Waals surface area contributed by atoms with E-state index in [2.05, 4.69) is 12.3 Å². The van der Waals surface area contributed by atoms with E-state index >= 15 is 0 Å². The highest BCUT2D eigenvalue weighted by atomic mass is 35.5. The molecule has 120 valence electrons. The molecule has 2 nitrogen and oxygen atoms in total. The maximum absolute atomic E-state index is 13.8. The van der Waals surface area contributed by atoms with Gasteiger partial charge in [0.25, 0.3) is 0 Å². The maximum Gasteiger partial charge on any atom is 0.128 e. The van der Waals surface area contributed by atoms with E-state index in [1.807, 2.05) is 0 Å². The van der Waals surface area contributed by atoms with Gasteiger partial charge in [0, 0.05) is 16.6 Å². The lowest BCUT2D eigenvalue weighted by atomic mass is 9.99. The lowest BCUT2D eigenvalue weighted by molar-refractivity contribution is 0.456. The van der Waals surface area contributed by atoms with E-state index < -0.39 is 0 Å². The first kappa shape index (κ1) is 18.4. The van der Waals surface area contributed by atoms with Gasteiger partial charge in [-0.2, -0.15) is 0 Å². The van der Waals surface area contributed by atoms with E-state index in [1.165, 1.54) is 51.0 Å². The molecule has 0 aromatic heterocycles. The fourth-order valence-corrected chi connectivity index (χ4v) is 2.77. The number of hydrogen-bond acceptors (Lipinski definition) is 2. The Morgan fingerprint density at radius 1 is 1.10 bits per heavy atom. The second kappa shape index (κ2) is 11.0. The molecule has 1 atom stereocenters. The van der Waals surface area contributed by atoms with E-state index in [9.17, 15) is 4.39 Å². The van der Waals surface area contributed by atoms with Crippen molar-refractivity contribution in [2.75, 3.05) is 0 Å².